The van der Waals surface area contributed by atoms with Crippen LogP contribution in [0, 0.1) is 0 Å². The van der Waals surface area contributed by atoms with E-state index >= 15 is 0 Å². The maximum atomic E-state index is 12.8. The van der Waals surface area contributed by atoms with Crippen LogP contribution in [-0.2, 0) is 4.79 Å². The molecular formula is C21H25N9O4S. The number of nitrogens with one attached hydrogen (secondary N) is 3. The first-order valence-corrected chi connectivity index (χ1v) is 11.6. The van der Waals surface area contributed by atoms with E-state index in [-0.39, 0.29) is 46.7 Å². The molecule has 1 fully saturated rings. The van der Waals surface area contributed by atoms with Gasteiger partial charge < -0.3 is 32.5 Å². The van der Waals surface area contributed by atoms with Crippen LogP contribution in [0.25, 0.3) is 0 Å². The summed E-state index contributed by atoms with van der Waals surface area (Å²) < 4.78 is 0. The maximum absolute atomic E-state index is 12.8. The fourth-order valence-corrected chi connectivity index (χ4v) is 4.21. The van der Waals surface area contributed by atoms with Crippen molar-refractivity contribution in [2.45, 2.75) is 43.8 Å². The quantitative estimate of drug-likeness (QED) is 0.252. The number of fused-ring (bicyclic) bond motifs is 1. The molecule has 35 heavy (non-hydrogen) atoms. The monoisotopic (exact) mass is 499 g/mol. The van der Waals surface area contributed by atoms with Crippen molar-refractivity contribution in [3.8, 4) is 0 Å². The number of rotatable bonds is 8. The van der Waals surface area contributed by atoms with Gasteiger partial charge in [-0.15, -0.1) is 10.2 Å². The van der Waals surface area contributed by atoms with Gasteiger partial charge in [-0.05, 0) is 25.0 Å². The minimum absolute atomic E-state index is 0.0335. The van der Waals surface area contributed by atoms with Gasteiger partial charge in [0.15, 0.2) is 23.4 Å². The molecule has 1 unspecified atom stereocenters. The van der Waals surface area contributed by atoms with Crippen molar-refractivity contribution in [1.29, 1.82) is 0 Å². The summed E-state index contributed by atoms with van der Waals surface area (Å²) in [5.41, 5.74) is 12.5. The van der Waals surface area contributed by atoms with Crippen LogP contribution in [0.5, 0.6) is 0 Å². The van der Waals surface area contributed by atoms with E-state index in [0.29, 0.717) is 11.4 Å². The number of amidine groups is 1. The predicted molar refractivity (Wildman–Crippen MR) is 133 cm³/mol. The van der Waals surface area contributed by atoms with Crippen molar-refractivity contribution in [3.63, 3.8) is 0 Å². The molecule has 1 aliphatic heterocycles. The Hall–Kier alpha value is -3.78. The third-order valence-electron chi connectivity index (χ3n) is 5.82. The fraction of sp³-hybridized carbons (Fsp3) is 0.381. The normalized spacial score (nSPS) is 21.2. The number of anilines is 4. The second-order valence-electron chi connectivity index (χ2n) is 8.22. The third kappa shape index (κ3) is 5.17. The lowest BCUT2D eigenvalue weighted by Gasteiger charge is -2.29. The van der Waals surface area contributed by atoms with E-state index in [1.807, 2.05) is 0 Å². The van der Waals surface area contributed by atoms with Gasteiger partial charge >= 0.3 is 5.97 Å². The standard InChI is InChI=1S/C21H25N9O4S/c22-10-5-1-2-6-11(10)26-21-28-18(15(17(23)32)29-30-21)24-12-7-3-4-9-14(12)27-19(16(9)31)25-13(8-35)20(33)34/h3-4,7,10-11,13,35H,1-2,5-6,8,22H2,(H2,23,32)(H,33,34)(H,25,27,31)(H2,24,26,28,30)/t10-,11+,13?/m0/s1. The molecule has 1 aromatic heterocycles. The molecule has 4 rings (SSSR count). The lowest BCUT2D eigenvalue weighted by Crippen LogP contribution is -2.43. The van der Waals surface area contributed by atoms with Crippen LogP contribution >= 0.6 is 12.6 Å². The number of carbonyl (C=O) groups is 3. The van der Waals surface area contributed by atoms with E-state index in [4.69, 9.17) is 11.5 Å². The zero-order valence-corrected chi connectivity index (χ0v) is 19.5. The van der Waals surface area contributed by atoms with Gasteiger partial charge in [-0.3, -0.25) is 9.59 Å². The zero-order chi connectivity index (χ0) is 25.1. The number of thiol groups is 1. The molecule has 1 amide bonds. The molecule has 2 aromatic rings. The number of nitrogens with two attached hydrogens (primary N) is 2. The topological polar surface area (TPSA) is 211 Å². The number of benzene rings is 1. The fourth-order valence-electron chi connectivity index (χ4n) is 3.98. The summed E-state index contributed by atoms with van der Waals surface area (Å²) in [4.78, 5) is 44.4. The molecule has 0 saturated heterocycles. The van der Waals surface area contributed by atoms with E-state index < -0.39 is 23.7 Å². The maximum Gasteiger partial charge on any atom is 0.329 e. The minimum atomic E-state index is -1.20. The summed E-state index contributed by atoms with van der Waals surface area (Å²) in [5, 5.41) is 26.1. The smallest absolute Gasteiger partial charge is 0.329 e. The number of carboxylic acid groups (broad SMARTS) is 1. The number of Topliss-reactive ketones (excluding diaryl/α,β-unsaturated/α-hetero) is 1. The summed E-state index contributed by atoms with van der Waals surface area (Å²) >= 11 is 3.98. The van der Waals surface area contributed by atoms with Gasteiger partial charge in [-0.25, -0.2) is 9.79 Å². The number of nitrogens with zero attached hydrogens (tertiary/aromatic N) is 4. The first-order chi connectivity index (χ1) is 16.8. The Labute approximate surface area is 205 Å². The van der Waals surface area contributed by atoms with Crippen molar-refractivity contribution >= 4 is 59.3 Å². The Bertz CT molecular complexity index is 1210. The number of amides is 1. The number of aliphatic carboxylic acids is 1. The van der Waals surface area contributed by atoms with Gasteiger partial charge in [-0.2, -0.15) is 17.6 Å². The predicted octanol–water partition coefficient (Wildman–Crippen LogP) is 0.786. The molecule has 184 valence electrons. The van der Waals surface area contributed by atoms with Crippen molar-refractivity contribution in [2.75, 3.05) is 21.7 Å². The summed E-state index contributed by atoms with van der Waals surface area (Å²) in [5.74, 6) is -2.51. The molecule has 3 atom stereocenters. The average molecular weight is 500 g/mol. The second-order valence-corrected chi connectivity index (χ2v) is 8.58. The van der Waals surface area contributed by atoms with Gasteiger partial charge in [0.1, 0.15) is 0 Å². The lowest BCUT2D eigenvalue weighted by molar-refractivity contribution is -0.137. The van der Waals surface area contributed by atoms with Crippen molar-refractivity contribution in [2.24, 2.45) is 16.5 Å². The molecule has 13 nitrogen and oxygen atoms in total. The molecule has 2 aliphatic rings. The number of carbonyl (C=O) groups excluding carboxylic acids is 2. The number of hydrogen-bond acceptors (Lipinski definition) is 11. The first kappa shape index (κ1) is 24.3. The second kappa shape index (κ2) is 10.2. The Morgan fingerprint density at radius 2 is 2.06 bits per heavy atom. The number of hydrogen-bond donors (Lipinski definition) is 7. The number of carboxylic acids is 1. The summed E-state index contributed by atoms with van der Waals surface area (Å²) in [6, 6.07) is 3.55. The highest BCUT2D eigenvalue weighted by atomic mass is 32.1. The lowest BCUT2D eigenvalue weighted by atomic mass is 9.91. The number of primary amides is 1. The molecular weight excluding hydrogens is 474 g/mol. The average Bonchev–Trinajstić information content (AvgIpc) is 3.15. The molecule has 8 N–H and O–H groups in total. The van der Waals surface area contributed by atoms with Crippen molar-refractivity contribution in [1.82, 2.24) is 15.2 Å². The van der Waals surface area contributed by atoms with Crippen LogP contribution in [0.3, 0.4) is 0 Å². The minimum Gasteiger partial charge on any atom is -0.480 e. The summed E-state index contributed by atoms with van der Waals surface area (Å²) in [6.07, 6.45) is 3.82. The van der Waals surface area contributed by atoms with Crippen LogP contribution in [0.15, 0.2) is 23.2 Å². The van der Waals surface area contributed by atoms with Gasteiger partial charge in [0, 0.05) is 17.8 Å². The Morgan fingerprint density at radius 1 is 1.29 bits per heavy atom. The van der Waals surface area contributed by atoms with E-state index in [2.05, 4.69) is 48.8 Å². The highest BCUT2D eigenvalue weighted by Gasteiger charge is 2.31. The van der Waals surface area contributed by atoms with E-state index in [1.54, 1.807) is 18.2 Å². The molecule has 0 bridgehead atoms. The van der Waals surface area contributed by atoms with Crippen LogP contribution in [0.4, 0.5) is 23.1 Å². The van der Waals surface area contributed by atoms with E-state index in [9.17, 15) is 19.5 Å². The highest BCUT2D eigenvalue weighted by Crippen LogP contribution is 2.34. The summed E-state index contributed by atoms with van der Waals surface area (Å²) in [7, 11) is 0. The SMILES string of the molecule is NC(=O)c1nnc(N[C@@H]2CCCC[C@@H]2N)nc1Nc1cccc2c1NC(=NC(CS)C(=O)O)C2=O. The molecule has 1 aromatic carbocycles. The van der Waals surface area contributed by atoms with Gasteiger partial charge in [0.25, 0.3) is 5.91 Å². The largest absolute Gasteiger partial charge is 0.480 e. The number of aromatic nitrogens is 3. The molecule has 2 heterocycles. The Kier molecular flexibility index (Phi) is 7.12. The summed E-state index contributed by atoms with van der Waals surface area (Å²) in [6.45, 7) is 0. The molecule has 0 radical (unpaired) electrons. The number of para-hydroxylation sites is 1. The molecule has 1 saturated carbocycles. The molecule has 14 heteroatoms. The Balaban J connectivity index is 1.64. The number of aliphatic imine (C=N–C) groups is 1. The van der Waals surface area contributed by atoms with Gasteiger partial charge in [-0.1, -0.05) is 18.9 Å². The highest BCUT2D eigenvalue weighted by molar-refractivity contribution is 7.80. The van der Waals surface area contributed by atoms with Crippen LogP contribution in [0.1, 0.15) is 46.5 Å². The van der Waals surface area contributed by atoms with E-state index in [0.717, 1.165) is 25.7 Å². The van der Waals surface area contributed by atoms with Crippen LogP contribution < -0.4 is 27.4 Å². The van der Waals surface area contributed by atoms with Crippen molar-refractivity contribution < 1.29 is 19.5 Å². The van der Waals surface area contributed by atoms with Crippen molar-refractivity contribution in [3.05, 3.63) is 29.5 Å². The third-order valence-corrected chi connectivity index (χ3v) is 6.16. The first-order valence-electron chi connectivity index (χ1n) is 11.0. The van der Waals surface area contributed by atoms with Gasteiger partial charge in [0.05, 0.1) is 16.9 Å². The van der Waals surface area contributed by atoms with Crippen LogP contribution in [-0.4, -0.2) is 67.7 Å². The van der Waals surface area contributed by atoms with Gasteiger partial charge in [0.2, 0.25) is 11.7 Å². The number of ketones is 1. The zero-order valence-electron chi connectivity index (χ0n) is 18.6. The molecule has 1 aliphatic carbocycles. The molecule has 0 spiro atoms. The van der Waals surface area contributed by atoms with Crippen LogP contribution in [0.2, 0.25) is 0 Å². The van der Waals surface area contributed by atoms with E-state index in [1.165, 1.54) is 0 Å². The Morgan fingerprint density at radius 3 is 2.74 bits per heavy atom.